The molecule has 1 amide bonds. The third-order valence-electron chi connectivity index (χ3n) is 2.25. The molecule has 5 nitrogen and oxygen atoms in total. The number of methoxy groups -OCH3 is 1. The van der Waals surface area contributed by atoms with Crippen molar-refractivity contribution in [2.45, 2.75) is 32.3 Å². The highest BCUT2D eigenvalue weighted by molar-refractivity contribution is 5.76. The maximum Gasteiger partial charge on any atom is 0.305 e. The Morgan fingerprint density at radius 3 is 2.47 bits per heavy atom. The van der Waals surface area contributed by atoms with Crippen molar-refractivity contribution < 1.29 is 19.4 Å². The first kappa shape index (κ1) is 13.9. The standard InChI is InChI=1S/C10H19NO4/c1-8(15-3)4-5-9(12)11(2)7-6-10(13)14/h8H,4-7H2,1-3H3,(H,13,14). The van der Waals surface area contributed by atoms with Crippen molar-refractivity contribution in [1.82, 2.24) is 4.90 Å². The van der Waals surface area contributed by atoms with Crippen LogP contribution in [0.15, 0.2) is 0 Å². The number of carbonyl (C=O) groups excluding carboxylic acids is 1. The summed E-state index contributed by atoms with van der Waals surface area (Å²) in [5.74, 6) is -0.931. The molecular formula is C10H19NO4. The zero-order valence-corrected chi connectivity index (χ0v) is 9.52. The summed E-state index contributed by atoms with van der Waals surface area (Å²) in [4.78, 5) is 23.2. The van der Waals surface area contributed by atoms with Crippen LogP contribution in [0, 0.1) is 0 Å². The Morgan fingerprint density at radius 1 is 1.40 bits per heavy atom. The number of carboxylic acids is 1. The molecule has 0 aromatic heterocycles. The lowest BCUT2D eigenvalue weighted by Gasteiger charge is -2.17. The van der Waals surface area contributed by atoms with Crippen LogP contribution in [-0.4, -0.2) is 48.7 Å². The van der Waals surface area contributed by atoms with Gasteiger partial charge in [-0.05, 0) is 13.3 Å². The first-order valence-electron chi connectivity index (χ1n) is 4.96. The summed E-state index contributed by atoms with van der Waals surface area (Å²) in [6.07, 6.45) is 1.10. The number of amides is 1. The van der Waals surface area contributed by atoms with Gasteiger partial charge in [-0.15, -0.1) is 0 Å². The molecule has 0 aliphatic carbocycles. The number of aliphatic carboxylic acids is 1. The summed E-state index contributed by atoms with van der Waals surface area (Å²) in [7, 11) is 3.21. The Bertz CT molecular complexity index is 217. The Labute approximate surface area is 90.0 Å². The lowest BCUT2D eigenvalue weighted by atomic mass is 10.2. The van der Waals surface area contributed by atoms with E-state index >= 15 is 0 Å². The van der Waals surface area contributed by atoms with E-state index in [-0.39, 0.29) is 25.0 Å². The Kier molecular flexibility index (Phi) is 6.70. The number of carbonyl (C=O) groups is 2. The highest BCUT2D eigenvalue weighted by Crippen LogP contribution is 2.03. The molecule has 0 aliphatic heterocycles. The quantitative estimate of drug-likeness (QED) is 0.682. The zero-order valence-electron chi connectivity index (χ0n) is 9.52. The van der Waals surface area contributed by atoms with Crippen molar-refractivity contribution in [3.05, 3.63) is 0 Å². The van der Waals surface area contributed by atoms with Crippen molar-refractivity contribution >= 4 is 11.9 Å². The SMILES string of the molecule is COC(C)CCC(=O)N(C)CCC(=O)O. The van der Waals surface area contributed by atoms with Gasteiger partial charge in [0.1, 0.15) is 0 Å². The van der Waals surface area contributed by atoms with Crippen LogP contribution >= 0.6 is 0 Å². The normalized spacial score (nSPS) is 12.2. The van der Waals surface area contributed by atoms with E-state index < -0.39 is 5.97 Å². The second-order valence-corrected chi connectivity index (χ2v) is 3.54. The van der Waals surface area contributed by atoms with E-state index in [0.29, 0.717) is 12.8 Å². The second kappa shape index (κ2) is 7.23. The second-order valence-electron chi connectivity index (χ2n) is 3.54. The van der Waals surface area contributed by atoms with Crippen LogP contribution in [0.1, 0.15) is 26.2 Å². The van der Waals surface area contributed by atoms with E-state index in [1.54, 1.807) is 14.2 Å². The molecule has 0 fully saturated rings. The number of hydrogen-bond donors (Lipinski definition) is 1. The maximum atomic E-state index is 11.5. The molecule has 0 radical (unpaired) electrons. The van der Waals surface area contributed by atoms with Gasteiger partial charge in [0, 0.05) is 27.1 Å². The minimum atomic E-state index is -0.889. The largest absolute Gasteiger partial charge is 0.481 e. The zero-order chi connectivity index (χ0) is 11.8. The molecule has 0 aromatic rings. The predicted octanol–water partition coefficient (Wildman–Crippen LogP) is 0.735. The molecule has 0 saturated carbocycles. The molecule has 5 heteroatoms. The van der Waals surface area contributed by atoms with Crippen LogP contribution in [0.4, 0.5) is 0 Å². The molecule has 0 heterocycles. The topological polar surface area (TPSA) is 66.8 Å². The van der Waals surface area contributed by atoms with Gasteiger partial charge in [0.05, 0.1) is 12.5 Å². The van der Waals surface area contributed by atoms with Crippen molar-refractivity contribution in [3.63, 3.8) is 0 Å². The molecule has 88 valence electrons. The van der Waals surface area contributed by atoms with Gasteiger partial charge in [0.2, 0.25) is 5.91 Å². The van der Waals surface area contributed by atoms with E-state index in [1.165, 1.54) is 4.90 Å². The molecule has 1 unspecified atom stereocenters. The van der Waals surface area contributed by atoms with Gasteiger partial charge in [-0.1, -0.05) is 0 Å². The number of hydrogen-bond acceptors (Lipinski definition) is 3. The van der Waals surface area contributed by atoms with Gasteiger partial charge in [0.25, 0.3) is 0 Å². The summed E-state index contributed by atoms with van der Waals surface area (Å²) in [6, 6.07) is 0. The fourth-order valence-corrected chi connectivity index (χ4v) is 1.02. The summed E-state index contributed by atoms with van der Waals surface area (Å²) in [5, 5.41) is 8.44. The highest BCUT2D eigenvalue weighted by atomic mass is 16.5. The van der Waals surface area contributed by atoms with Crippen LogP contribution in [0.2, 0.25) is 0 Å². The summed E-state index contributed by atoms with van der Waals surface area (Å²) in [5.41, 5.74) is 0. The minimum absolute atomic E-state index is 0.0118. The smallest absolute Gasteiger partial charge is 0.305 e. The number of ether oxygens (including phenoxy) is 1. The number of carboxylic acid groups (broad SMARTS) is 1. The van der Waals surface area contributed by atoms with E-state index in [0.717, 1.165) is 0 Å². The van der Waals surface area contributed by atoms with E-state index in [2.05, 4.69) is 0 Å². The first-order chi connectivity index (χ1) is 6.97. The summed E-state index contributed by atoms with van der Waals surface area (Å²) < 4.78 is 5.01. The van der Waals surface area contributed by atoms with Crippen LogP contribution in [0.25, 0.3) is 0 Å². The van der Waals surface area contributed by atoms with Gasteiger partial charge in [0.15, 0.2) is 0 Å². The molecule has 0 aromatic carbocycles. The third-order valence-corrected chi connectivity index (χ3v) is 2.25. The Morgan fingerprint density at radius 2 is 2.00 bits per heavy atom. The molecular weight excluding hydrogens is 198 g/mol. The van der Waals surface area contributed by atoms with Gasteiger partial charge in [-0.25, -0.2) is 0 Å². The monoisotopic (exact) mass is 217 g/mol. The lowest BCUT2D eigenvalue weighted by molar-refractivity contribution is -0.138. The van der Waals surface area contributed by atoms with Crippen molar-refractivity contribution in [1.29, 1.82) is 0 Å². The van der Waals surface area contributed by atoms with E-state index in [1.807, 2.05) is 6.92 Å². The van der Waals surface area contributed by atoms with Crippen LogP contribution in [0.5, 0.6) is 0 Å². The molecule has 1 atom stereocenters. The average Bonchev–Trinajstić information content (AvgIpc) is 2.21. The lowest BCUT2D eigenvalue weighted by Crippen LogP contribution is -2.29. The first-order valence-corrected chi connectivity index (χ1v) is 4.96. The van der Waals surface area contributed by atoms with Crippen molar-refractivity contribution in [3.8, 4) is 0 Å². The number of rotatable bonds is 7. The molecule has 0 saturated heterocycles. The molecule has 0 aliphatic rings. The van der Waals surface area contributed by atoms with Crippen molar-refractivity contribution in [2.24, 2.45) is 0 Å². The van der Waals surface area contributed by atoms with Crippen molar-refractivity contribution in [2.75, 3.05) is 20.7 Å². The van der Waals surface area contributed by atoms with Gasteiger partial charge in [-0.3, -0.25) is 9.59 Å². The average molecular weight is 217 g/mol. The molecule has 0 spiro atoms. The fraction of sp³-hybridized carbons (Fsp3) is 0.800. The Hall–Kier alpha value is -1.10. The molecule has 1 N–H and O–H groups in total. The third kappa shape index (κ3) is 6.90. The van der Waals surface area contributed by atoms with E-state index in [4.69, 9.17) is 9.84 Å². The summed E-state index contributed by atoms with van der Waals surface area (Å²) in [6.45, 7) is 2.15. The number of nitrogens with zero attached hydrogens (tertiary/aromatic N) is 1. The molecule has 0 rings (SSSR count). The fourth-order valence-electron chi connectivity index (χ4n) is 1.02. The highest BCUT2D eigenvalue weighted by Gasteiger charge is 2.11. The maximum absolute atomic E-state index is 11.5. The van der Waals surface area contributed by atoms with Crippen LogP contribution in [0.3, 0.4) is 0 Å². The predicted molar refractivity (Wildman–Crippen MR) is 55.6 cm³/mol. The molecule has 0 bridgehead atoms. The van der Waals surface area contributed by atoms with Gasteiger partial charge >= 0.3 is 5.97 Å². The molecule has 15 heavy (non-hydrogen) atoms. The van der Waals surface area contributed by atoms with Crippen LogP contribution in [-0.2, 0) is 14.3 Å². The van der Waals surface area contributed by atoms with Crippen LogP contribution < -0.4 is 0 Å². The van der Waals surface area contributed by atoms with Gasteiger partial charge < -0.3 is 14.7 Å². The Balaban J connectivity index is 3.74. The van der Waals surface area contributed by atoms with Gasteiger partial charge in [-0.2, -0.15) is 0 Å². The minimum Gasteiger partial charge on any atom is -0.481 e. The van der Waals surface area contributed by atoms with E-state index in [9.17, 15) is 9.59 Å². The summed E-state index contributed by atoms with van der Waals surface area (Å²) >= 11 is 0.